The second-order valence-electron chi connectivity index (χ2n) is 21.7. The van der Waals surface area contributed by atoms with Crippen LogP contribution in [0, 0.1) is 23.3 Å². The average Bonchev–Trinajstić information content (AvgIpc) is 4.31. The van der Waals surface area contributed by atoms with Crippen LogP contribution in [0.15, 0.2) is 46.2 Å². The van der Waals surface area contributed by atoms with Crippen molar-refractivity contribution >= 4 is 40.6 Å². The summed E-state index contributed by atoms with van der Waals surface area (Å²) in [6, 6.07) is 5.24. The van der Waals surface area contributed by atoms with Crippen LogP contribution in [0.2, 0.25) is 5.28 Å². The lowest BCUT2D eigenvalue weighted by molar-refractivity contribution is 0.170. The number of nitrogens with zero attached hydrogens (tertiary/aromatic N) is 12. The summed E-state index contributed by atoms with van der Waals surface area (Å²) in [7, 11) is 0. The lowest BCUT2D eigenvalue weighted by Crippen LogP contribution is -2.60. The average molecular weight is 1040 g/mol. The van der Waals surface area contributed by atoms with E-state index in [1.165, 1.54) is 24.3 Å². The number of halogens is 5. The van der Waals surface area contributed by atoms with E-state index in [2.05, 4.69) is 123 Å². The zero-order valence-electron chi connectivity index (χ0n) is 47.6. The van der Waals surface area contributed by atoms with Gasteiger partial charge in [-0.05, 0) is 186 Å². The lowest BCUT2D eigenvalue weighted by atomic mass is 9.79. The number of benzene rings is 2. The molecule has 0 spiro atoms. The number of hydrogen-bond donors (Lipinski definition) is 6. The second-order valence-corrected chi connectivity index (χ2v) is 22.0. The summed E-state index contributed by atoms with van der Waals surface area (Å²) in [6.07, 6.45) is 8.66. The number of rotatable bonds is 10. The Hall–Kier alpha value is -6.53. The fourth-order valence-corrected chi connectivity index (χ4v) is 10.3. The normalized spacial score (nSPS) is 20.6. The lowest BCUT2D eigenvalue weighted by Gasteiger charge is -2.46. The highest BCUT2D eigenvalue weighted by Gasteiger charge is 2.40. The minimum Gasteiger partial charge on any atom is -0.396 e. The number of nitrogens with two attached hydrogens (primary N) is 1. The smallest absolute Gasteiger partial charge is 0.368 e. The Morgan fingerprint density at radius 1 is 0.630 bits per heavy atom. The van der Waals surface area contributed by atoms with Crippen LogP contribution in [0.4, 0.5) is 46.5 Å². The van der Waals surface area contributed by atoms with Crippen molar-refractivity contribution in [1.82, 2.24) is 70.2 Å². The van der Waals surface area contributed by atoms with E-state index in [-0.39, 0.29) is 91.7 Å². The maximum Gasteiger partial charge on any atom is 0.368 e. The van der Waals surface area contributed by atoms with Crippen molar-refractivity contribution in [2.24, 2.45) is 14.0 Å². The van der Waals surface area contributed by atoms with Gasteiger partial charge in [-0.2, -0.15) is 28.7 Å². The first-order valence-electron chi connectivity index (χ1n) is 26.7. The Morgan fingerprint density at radius 2 is 1.07 bits per heavy atom. The molecule has 10 rings (SSSR count). The summed E-state index contributed by atoms with van der Waals surface area (Å²) in [5.74, 6) is -2.10. The van der Waals surface area contributed by atoms with Crippen LogP contribution in [0.3, 0.4) is 0 Å². The predicted octanol–water partition coefficient (Wildman–Crippen LogP) is 6.93. The molecular formula is C48H63ClF4N18O2. The predicted molar refractivity (Wildman–Crippen MR) is 270 cm³/mol. The number of aryl methyl sites for hydroxylation is 2. The van der Waals surface area contributed by atoms with E-state index in [9.17, 15) is 22.8 Å². The molecule has 392 valence electrons. The van der Waals surface area contributed by atoms with Crippen LogP contribution in [0.5, 0.6) is 0 Å². The van der Waals surface area contributed by atoms with Gasteiger partial charge in [-0.25, -0.2) is 37.1 Å². The zero-order valence-corrected chi connectivity index (χ0v) is 42.3. The first-order chi connectivity index (χ1) is 36.6. The molecule has 25 heteroatoms. The number of nitrogen functional groups attached to an aromatic ring is 1. The van der Waals surface area contributed by atoms with Crippen LogP contribution >= 0.6 is 11.6 Å². The quantitative estimate of drug-likeness (QED) is 0.0463. The molecule has 4 aromatic heterocycles. The highest BCUT2D eigenvalue weighted by Crippen LogP contribution is 2.45. The van der Waals surface area contributed by atoms with Gasteiger partial charge in [0.2, 0.25) is 11.2 Å². The molecular weight excluding hydrogens is 972 g/mol. The molecule has 0 bridgehead atoms. The van der Waals surface area contributed by atoms with Crippen molar-refractivity contribution in [3.8, 4) is 11.4 Å². The van der Waals surface area contributed by atoms with Crippen molar-refractivity contribution in [1.29, 1.82) is 0 Å². The Bertz CT molecular complexity index is 3320. The van der Waals surface area contributed by atoms with Gasteiger partial charge in [-0.15, -0.1) is 0 Å². The van der Waals surface area contributed by atoms with Gasteiger partial charge >= 0.3 is 11.4 Å². The van der Waals surface area contributed by atoms with Gasteiger partial charge in [0.15, 0.2) is 23.3 Å². The van der Waals surface area contributed by atoms with Gasteiger partial charge in [-0.3, -0.25) is 0 Å². The SMILES string of the molecule is CC1(C)CC(Nc2nc(Cl)ncc2F)CC(C)(C)N1.[2H]C([2H])([2H])n1nnn(-c2cc(N)c(F)cc2C2CC2)c1=O.[2H]C([2H])([2H])n1nnn(-c2cc(Nc3ncc(F)c(NC4CC(C)(C)NC(C)(C)C4)n3)c(F)cc2C2CC2)c1=O. The second kappa shape index (κ2) is 20.1. The number of hydrogen-bond acceptors (Lipinski definition) is 16. The molecule has 6 aromatic rings. The third kappa shape index (κ3) is 12.8. The molecule has 0 unspecified atom stereocenters. The molecule has 20 nitrogen and oxygen atoms in total. The number of aromatic nitrogens is 12. The molecule has 0 amide bonds. The molecule has 2 aliphatic heterocycles. The Labute approximate surface area is 432 Å². The van der Waals surface area contributed by atoms with Gasteiger partial charge in [-0.1, -0.05) is 0 Å². The fourth-order valence-electron chi connectivity index (χ4n) is 10.2. The van der Waals surface area contributed by atoms with Crippen LogP contribution < -0.4 is 43.7 Å². The Kier molecular flexibility index (Phi) is 12.4. The van der Waals surface area contributed by atoms with E-state index in [1.54, 1.807) is 0 Å². The van der Waals surface area contributed by atoms with Crippen molar-refractivity contribution in [3.63, 3.8) is 0 Å². The van der Waals surface area contributed by atoms with E-state index < -0.39 is 48.6 Å². The maximum atomic E-state index is 15.2. The van der Waals surface area contributed by atoms with Gasteiger partial charge in [0.05, 0.1) is 35.1 Å². The van der Waals surface area contributed by atoms with Crippen LogP contribution in [-0.2, 0) is 14.0 Å². The van der Waals surface area contributed by atoms with Crippen LogP contribution in [0.25, 0.3) is 11.4 Å². The zero-order chi connectivity index (χ0) is 57.9. The minimum atomic E-state index is -2.82. The van der Waals surface area contributed by atoms with E-state index in [4.69, 9.17) is 25.6 Å². The maximum absolute atomic E-state index is 15.2. The Balaban J connectivity index is 0.000000172. The van der Waals surface area contributed by atoms with Crippen molar-refractivity contribution in [3.05, 3.63) is 97.3 Å². The molecule has 2 saturated carbocycles. The van der Waals surface area contributed by atoms with E-state index in [1.807, 2.05) is 0 Å². The van der Waals surface area contributed by atoms with E-state index >= 15 is 4.39 Å². The standard InChI is InChI=1S/C24H31F2N9O.C13H20ClFN4.C11H12FN5O/c1-23(2)10-14(11-24(3,4)31-23)28-20-17(26)12-27-21(30-20)29-18-9-19(35-22(36)34(5)32-33-35)15(8-16(18)25)13-6-7-13;1-12(2)5-8(6-13(3,4)19-12)17-10-9(15)7-16-11(14)18-10;1-16-11(18)17(15-14-16)10-5-9(13)8(12)4-7(10)6-2-3-6/h8-9,12-14,31H,6-7,10-11H2,1-5H3,(H2,27,28,29,30);7-8,19H,5-6H2,1-4H3,(H,16,17,18);4-6H,2-3,13H2,1H3/i5D3;;1D3. The highest BCUT2D eigenvalue weighted by atomic mass is 35.5. The molecule has 6 heterocycles. The summed E-state index contributed by atoms with van der Waals surface area (Å²) in [5.41, 5.74) is 4.62. The van der Waals surface area contributed by atoms with Gasteiger partial charge in [0.25, 0.3) is 0 Å². The first-order valence-corrected chi connectivity index (χ1v) is 24.1. The van der Waals surface area contributed by atoms with Crippen molar-refractivity contribution < 1.29 is 25.8 Å². The number of tetrazole rings is 2. The number of piperidine rings is 2. The topological polar surface area (TPSA) is 243 Å². The molecule has 4 fully saturated rings. The van der Waals surface area contributed by atoms with E-state index in [0.29, 0.717) is 20.5 Å². The molecule has 2 aromatic carbocycles. The molecule has 73 heavy (non-hydrogen) atoms. The minimum absolute atomic E-state index is 0.00437. The summed E-state index contributed by atoms with van der Waals surface area (Å²) >= 11 is 5.71. The monoisotopic (exact) mass is 1040 g/mol. The third-order valence-electron chi connectivity index (χ3n) is 12.7. The van der Waals surface area contributed by atoms with Crippen LogP contribution in [-0.4, -0.2) is 93.8 Å². The summed E-state index contributed by atoms with van der Waals surface area (Å²) in [6.45, 7) is 11.4. The molecule has 2 saturated heterocycles. The molecule has 0 radical (unpaired) electrons. The van der Waals surface area contributed by atoms with E-state index in [0.717, 1.165) is 73.1 Å². The third-order valence-corrected chi connectivity index (χ3v) is 12.9. The first kappa shape index (κ1) is 45.1. The van der Waals surface area contributed by atoms with Gasteiger partial charge < -0.3 is 32.3 Å². The largest absolute Gasteiger partial charge is 0.396 e. The summed E-state index contributed by atoms with van der Waals surface area (Å²) in [5, 5.41) is 30.4. The molecule has 2 aliphatic carbocycles. The van der Waals surface area contributed by atoms with Gasteiger partial charge in [0, 0.05) is 56.4 Å². The molecule has 4 aliphatic rings. The Morgan fingerprint density at radius 3 is 1.52 bits per heavy atom. The summed E-state index contributed by atoms with van der Waals surface area (Å²) in [4.78, 5) is 40.6. The van der Waals surface area contributed by atoms with Crippen molar-refractivity contribution in [2.75, 3.05) is 21.7 Å². The van der Waals surface area contributed by atoms with Gasteiger partial charge in [0.1, 0.15) is 11.6 Å². The fraction of sp³-hybridized carbons (Fsp3) is 0.542. The van der Waals surface area contributed by atoms with Crippen LogP contribution in [0.1, 0.15) is 138 Å². The number of nitrogens with one attached hydrogen (secondary N) is 5. The summed E-state index contributed by atoms with van der Waals surface area (Å²) < 4.78 is 104. The number of anilines is 5. The molecule has 7 N–H and O–H groups in total. The highest BCUT2D eigenvalue weighted by molar-refractivity contribution is 6.28. The van der Waals surface area contributed by atoms with Crippen molar-refractivity contribution in [2.45, 2.75) is 153 Å². The molecule has 0 atom stereocenters.